The Balaban J connectivity index is 1.42. The summed E-state index contributed by atoms with van der Waals surface area (Å²) in [4.78, 5) is 0. The molecule has 4 heterocycles. The van der Waals surface area contributed by atoms with Gasteiger partial charge in [0.1, 0.15) is 0 Å². The standard InChI is InChI=1S/C36H21BN2/c1-2-9-22(10-3-1)23-17-19-31-27(21-23)25-12-8-14-29-35(25)39(31)33-20-18-26-24-11-4-6-15-30(24)38-32-16-7-5-13-28(32)37(29)34(33)36(26)38/h1-21H. The van der Waals surface area contributed by atoms with Crippen LogP contribution >= 0.6 is 0 Å². The molecule has 0 bridgehead atoms. The van der Waals surface area contributed by atoms with Crippen molar-refractivity contribution in [2.75, 3.05) is 0 Å². The van der Waals surface area contributed by atoms with Gasteiger partial charge >= 0.3 is 0 Å². The van der Waals surface area contributed by atoms with E-state index in [9.17, 15) is 0 Å². The number of para-hydroxylation sites is 3. The highest BCUT2D eigenvalue weighted by atomic mass is 15.0. The fraction of sp³-hybridized carbons (Fsp3) is 0. The Morgan fingerprint density at radius 3 is 2.08 bits per heavy atom. The summed E-state index contributed by atoms with van der Waals surface area (Å²) in [5.41, 5.74) is 14.6. The van der Waals surface area contributed by atoms with Crippen molar-refractivity contribution in [1.29, 1.82) is 0 Å². The first-order valence-corrected chi connectivity index (χ1v) is 13.7. The van der Waals surface area contributed by atoms with E-state index in [0.29, 0.717) is 0 Å². The van der Waals surface area contributed by atoms with E-state index in [1.807, 2.05) is 0 Å². The van der Waals surface area contributed by atoms with Crippen molar-refractivity contribution in [2.24, 2.45) is 0 Å². The van der Waals surface area contributed by atoms with Gasteiger partial charge in [-0.3, -0.25) is 0 Å². The summed E-state index contributed by atoms with van der Waals surface area (Å²) in [5.74, 6) is 0. The van der Waals surface area contributed by atoms with Gasteiger partial charge in [-0.25, -0.2) is 0 Å². The zero-order chi connectivity index (χ0) is 25.2. The molecule has 2 nitrogen and oxygen atoms in total. The van der Waals surface area contributed by atoms with Gasteiger partial charge in [-0.1, -0.05) is 97.1 Å². The first kappa shape index (κ1) is 20.0. The Hall–Kier alpha value is -5.02. The summed E-state index contributed by atoms with van der Waals surface area (Å²) in [7, 11) is 0. The van der Waals surface area contributed by atoms with E-state index < -0.39 is 0 Å². The molecule has 3 heteroatoms. The van der Waals surface area contributed by atoms with Gasteiger partial charge in [0.2, 0.25) is 0 Å². The lowest BCUT2D eigenvalue weighted by atomic mass is 9.34. The summed E-state index contributed by atoms with van der Waals surface area (Å²) < 4.78 is 5.05. The number of fused-ring (bicyclic) bond motifs is 11. The Morgan fingerprint density at radius 2 is 1.13 bits per heavy atom. The molecule has 0 amide bonds. The molecule has 0 N–H and O–H groups in total. The third-order valence-corrected chi connectivity index (χ3v) is 9.11. The molecule has 10 rings (SSSR count). The number of hydrogen-bond donors (Lipinski definition) is 0. The molecule has 0 saturated carbocycles. The van der Waals surface area contributed by atoms with E-state index in [1.165, 1.54) is 82.5 Å². The third kappa shape index (κ3) is 2.31. The maximum absolute atomic E-state index is 2.54. The minimum Gasteiger partial charge on any atom is -0.310 e. The largest absolute Gasteiger partial charge is 0.310 e. The van der Waals surface area contributed by atoms with Gasteiger partial charge in [0.15, 0.2) is 0 Å². The summed E-state index contributed by atoms with van der Waals surface area (Å²) >= 11 is 0. The average Bonchev–Trinajstić information content (AvgIpc) is 3.52. The van der Waals surface area contributed by atoms with Crippen molar-refractivity contribution in [1.82, 2.24) is 9.13 Å². The number of benzene rings is 6. The highest BCUT2D eigenvalue weighted by Gasteiger charge is 2.40. The molecule has 0 atom stereocenters. The molecule has 0 fully saturated rings. The van der Waals surface area contributed by atoms with Crippen LogP contribution in [0.4, 0.5) is 0 Å². The fourth-order valence-corrected chi connectivity index (χ4v) is 7.60. The number of rotatable bonds is 1. The Bertz CT molecular complexity index is 2340. The van der Waals surface area contributed by atoms with Crippen LogP contribution in [-0.4, -0.2) is 15.8 Å². The minimum atomic E-state index is 0.200. The van der Waals surface area contributed by atoms with Gasteiger partial charge in [0, 0.05) is 38.4 Å². The van der Waals surface area contributed by atoms with E-state index in [-0.39, 0.29) is 6.71 Å². The van der Waals surface area contributed by atoms with Crippen molar-refractivity contribution in [3.05, 3.63) is 127 Å². The normalized spacial score (nSPS) is 13.1. The molecule has 0 spiro atoms. The molecule has 0 radical (unpaired) electrons. The zero-order valence-electron chi connectivity index (χ0n) is 21.1. The average molecular weight is 492 g/mol. The number of aromatic nitrogens is 2. The maximum Gasteiger partial charge on any atom is 0.252 e. The quantitative estimate of drug-likeness (QED) is 0.226. The molecule has 0 aliphatic carbocycles. The first-order valence-electron chi connectivity index (χ1n) is 13.7. The molecule has 2 aliphatic rings. The van der Waals surface area contributed by atoms with Gasteiger partial charge in [-0.2, -0.15) is 0 Å². The fourth-order valence-electron chi connectivity index (χ4n) is 7.60. The number of hydrogen-bond acceptors (Lipinski definition) is 0. The number of nitrogens with zero attached hydrogens (tertiary/aromatic N) is 2. The second-order valence-electron chi connectivity index (χ2n) is 10.9. The molecule has 178 valence electrons. The highest BCUT2D eigenvalue weighted by molar-refractivity contribution is 7.00. The lowest BCUT2D eigenvalue weighted by Crippen LogP contribution is -2.59. The van der Waals surface area contributed by atoms with E-state index in [0.717, 1.165) is 0 Å². The van der Waals surface area contributed by atoms with Crippen molar-refractivity contribution < 1.29 is 0 Å². The second-order valence-corrected chi connectivity index (χ2v) is 10.9. The van der Waals surface area contributed by atoms with Crippen LogP contribution in [0, 0.1) is 0 Å². The van der Waals surface area contributed by atoms with Crippen molar-refractivity contribution >= 4 is 66.7 Å². The van der Waals surface area contributed by atoms with Gasteiger partial charge in [0.25, 0.3) is 6.71 Å². The first-order chi connectivity index (χ1) is 19.4. The molecular formula is C36H21BN2. The molecular weight excluding hydrogens is 471 g/mol. The van der Waals surface area contributed by atoms with Crippen molar-refractivity contribution in [2.45, 2.75) is 0 Å². The van der Waals surface area contributed by atoms with Crippen molar-refractivity contribution in [3.8, 4) is 22.5 Å². The monoisotopic (exact) mass is 492 g/mol. The summed E-state index contributed by atoms with van der Waals surface area (Å²) in [6, 6.07) is 47.2. The molecule has 39 heavy (non-hydrogen) atoms. The Labute approximate surface area is 225 Å². The van der Waals surface area contributed by atoms with Gasteiger partial charge in [0.05, 0.1) is 16.6 Å². The summed E-state index contributed by atoms with van der Waals surface area (Å²) in [5, 5.41) is 5.30. The Morgan fingerprint density at radius 1 is 0.410 bits per heavy atom. The lowest BCUT2D eigenvalue weighted by molar-refractivity contribution is 1.16. The van der Waals surface area contributed by atoms with Crippen LogP contribution < -0.4 is 16.4 Å². The van der Waals surface area contributed by atoms with E-state index in [1.54, 1.807) is 0 Å². The summed E-state index contributed by atoms with van der Waals surface area (Å²) in [6.45, 7) is 0.200. The molecule has 8 aromatic rings. The van der Waals surface area contributed by atoms with Crippen molar-refractivity contribution in [3.63, 3.8) is 0 Å². The molecule has 2 aliphatic heterocycles. The smallest absolute Gasteiger partial charge is 0.252 e. The minimum absolute atomic E-state index is 0.200. The van der Waals surface area contributed by atoms with Crippen LogP contribution in [-0.2, 0) is 0 Å². The SMILES string of the molecule is c1ccc(-c2ccc3c(c2)c2cccc4c2n3-c2ccc3c5ccccc5n5c3c2B4c2ccccc2-5)cc1. The van der Waals surface area contributed by atoms with Gasteiger partial charge in [-0.05, 0) is 57.8 Å². The maximum atomic E-state index is 2.54. The van der Waals surface area contributed by atoms with E-state index in [4.69, 9.17) is 0 Å². The topological polar surface area (TPSA) is 9.86 Å². The summed E-state index contributed by atoms with van der Waals surface area (Å²) in [6.07, 6.45) is 0. The molecule has 0 saturated heterocycles. The van der Waals surface area contributed by atoms with Gasteiger partial charge < -0.3 is 9.13 Å². The lowest BCUT2D eigenvalue weighted by Gasteiger charge is -2.33. The van der Waals surface area contributed by atoms with E-state index >= 15 is 0 Å². The molecule has 0 unspecified atom stereocenters. The zero-order valence-corrected chi connectivity index (χ0v) is 21.1. The van der Waals surface area contributed by atoms with Crippen LogP contribution in [0.1, 0.15) is 0 Å². The molecule has 6 aromatic carbocycles. The van der Waals surface area contributed by atoms with Crippen LogP contribution in [0.15, 0.2) is 127 Å². The molecule has 2 aromatic heterocycles. The third-order valence-electron chi connectivity index (χ3n) is 9.11. The highest BCUT2D eigenvalue weighted by Crippen LogP contribution is 2.40. The van der Waals surface area contributed by atoms with Crippen LogP contribution in [0.25, 0.3) is 66.1 Å². The Kier molecular flexibility index (Phi) is 3.54. The van der Waals surface area contributed by atoms with Gasteiger partial charge in [-0.15, -0.1) is 0 Å². The van der Waals surface area contributed by atoms with E-state index in [2.05, 4.69) is 137 Å². The second kappa shape index (κ2) is 6.89. The van der Waals surface area contributed by atoms with Crippen LogP contribution in [0.2, 0.25) is 0 Å². The van der Waals surface area contributed by atoms with Crippen LogP contribution in [0.5, 0.6) is 0 Å². The predicted octanol–water partition coefficient (Wildman–Crippen LogP) is 6.69. The van der Waals surface area contributed by atoms with Crippen LogP contribution in [0.3, 0.4) is 0 Å². The predicted molar refractivity (Wildman–Crippen MR) is 165 cm³/mol.